The van der Waals surface area contributed by atoms with Gasteiger partial charge in [-0.05, 0) is 64.9 Å². The molecule has 35 heavy (non-hydrogen) atoms. The second-order valence-corrected chi connectivity index (χ2v) is 9.09. The highest BCUT2D eigenvalue weighted by molar-refractivity contribution is 7.99. The maximum Gasteiger partial charge on any atom is 0.233 e. The van der Waals surface area contributed by atoms with Gasteiger partial charge in [0, 0.05) is 32.7 Å². The largest absolute Gasteiger partial charge is 0.497 e. The molecule has 0 N–H and O–H groups in total. The van der Waals surface area contributed by atoms with Crippen LogP contribution in [0.2, 0.25) is 0 Å². The molecule has 10 nitrogen and oxygen atoms in total. The maximum absolute atomic E-state index is 12.9. The molecule has 1 fully saturated rings. The van der Waals surface area contributed by atoms with Crippen molar-refractivity contribution in [1.82, 2.24) is 30.0 Å². The molecule has 11 heteroatoms. The Labute approximate surface area is 209 Å². The van der Waals surface area contributed by atoms with Gasteiger partial charge in [0.15, 0.2) is 11.5 Å². The number of tetrazole rings is 1. The number of piperazine rings is 1. The first kappa shape index (κ1) is 24.8. The molecule has 1 saturated heterocycles. The molecule has 0 aliphatic carbocycles. The van der Waals surface area contributed by atoms with E-state index in [0.717, 1.165) is 48.1 Å². The van der Waals surface area contributed by atoms with Crippen molar-refractivity contribution in [3.63, 3.8) is 0 Å². The molecule has 0 unspecified atom stereocenters. The lowest BCUT2D eigenvalue weighted by atomic mass is 10.1. The normalized spacial score (nSPS) is 14.1. The average molecular weight is 499 g/mol. The lowest BCUT2D eigenvalue weighted by Crippen LogP contribution is -2.48. The van der Waals surface area contributed by atoms with Crippen molar-refractivity contribution < 1.29 is 19.0 Å². The van der Waals surface area contributed by atoms with E-state index >= 15 is 0 Å². The van der Waals surface area contributed by atoms with E-state index < -0.39 is 0 Å². The number of aromatic nitrogens is 4. The molecule has 0 saturated carbocycles. The Morgan fingerprint density at radius 2 is 1.66 bits per heavy atom. The Morgan fingerprint density at radius 3 is 2.31 bits per heavy atom. The lowest BCUT2D eigenvalue weighted by Gasteiger charge is -2.35. The third-order valence-electron chi connectivity index (χ3n) is 6.04. The highest BCUT2D eigenvalue weighted by Crippen LogP contribution is 2.31. The van der Waals surface area contributed by atoms with Gasteiger partial charge in [0.2, 0.25) is 11.1 Å². The van der Waals surface area contributed by atoms with Gasteiger partial charge in [-0.25, -0.2) is 0 Å². The first-order valence-corrected chi connectivity index (χ1v) is 12.3. The van der Waals surface area contributed by atoms with Crippen LogP contribution in [0.25, 0.3) is 5.69 Å². The number of hydrogen-bond donors (Lipinski definition) is 0. The van der Waals surface area contributed by atoms with Crippen molar-refractivity contribution in [2.75, 3.05) is 53.3 Å². The minimum Gasteiger partial charge on any atom is -0.497 e. The SMILES string of the molecule is COc1ccc(-n2nnnc2SCC(=O)N2CCN(Cc3cc(OC)c(OC)cc3C)CC2)cc1. The Kier molecular flexibility index (Phi) is 8.09. The number of carbonyl (C=O) groups excluding carboxylic acids is 1. The van der Waals surface area contributed by atoms with Crippen LogP contribution in [-0.4, -0.2) is 89.2 Å². The zero-order chi connectivity index (χ0) is 24.8. The third kappa shape index (κ3) is 5.85. The van der Waals surface area contributed by atoms with E-state index in [0.29, 0.717) is 18.2 Å². The second-order valence-electron chi connectivity index (χ2n) is 8.15. The smallest absolute Gasteiger partial charge is 0.233 e. The Balaban J connectivity index is 1.29. The molecule has 186 valence electrons. The summed E-state index contributed by atoms with van der Waals surface area (Å²) < 4.78 is 17.7. The molecule has 0 radical (unpaired) electrons. The van der Waals surface area contributed by atoms with E-state index in [9.17, 15) is 4.79 Å². The number of aryl methyl sites for hydroxylation is 1. The molecule has 0 bridgehead atoms. The van der Waals surface area contributed by atoms with Crippen LogP contribution in [0.15, 0.2) is 41.6 Å². The summed E-state index contributed by atoms with van der Waals surface area (Å²) in [5.41, 5.74) is 3.17. The topological polar surface area (TPSA) is 94.8 Å². The van der Waals surface area contributed by atoms with Crippen LogP contribution in [0.5, 0.6) is 17.2 Å². The first-order valence-electron chi connectivity index (χ1n) is 11.3. The van der Waals surface area contributed by atoms with E-state index in [2.05, 4.69) is 27.3 Å². The van der Waals surface area contributed by atoms with Gasteiger partial charge in [0.1, 0.15) is 5.75 Å². The number of amides is 1. The van der Waals surface area contributed by atoms with Gasteiger partial charge in [0.25, 0.3) is 0 Å². The highest BCUT2D eigenvalue weighted by atomic mass is 32.2. The van der Waals surface area contributed by atoms with Crippen molar-refractivity contribution >= 4 is 17.7 Å². The molecule has 0 spiro atoms. The molecule has 4 rings (SSSR count). The van der Waals surface area contributed by atoms with Crippen LogP contribution >= 0.6 is 11.8 Å². The molecular weight excluding hydrogens is 468 g/mol. The fraction of sp³-hybridized carbons (Fsp3) is 0.417. The summed E-state index contributed by atoms with van der Waals surface area (Å²) >= 11 is 1.34. The van der Waals surface area contributed by atoms with Crippen molar-refractivity contribution in [1.29, 1.82) is 0 Å². The lowest BCUT2D eigenvalue weighted by molar-refractivity contribution is -0.130. The van der Waals surface area contributed by atoms with Gasteiger partial charge in [-0.15, -0.1) is 5.10 Å². The summed E-state index contributed by atoms with van der Waals surface area (Å²) in [4.78, 5) is 17.1. The number of ether oxygens (including phenoxy) is 3. The van der Waals surface area contributed by atoms with Gasteiger partial charge >= 0.3 is 0 Å². The summed E-state index contributed by atoms with van der Waals surface area (Å²) in [6, 6.07) is 11.5. The predicted molar refractivity (Wildman–Crippen MR) is 133 cm³/mol. The fourth-order valence-electron chi connectivity index (χ4n) is 3.96. The van der Waals surface area contributed by atoms with Crippen LogP contribution in [0, 0.1) is 6.92 Å². The van der Waals surface area contributed by atoms with Gasteiger partial charge in [-0.2, -0.15) is 4.68 Å². The number of thioether (sulfide) groups is 1. The average Bonchev–Trinajstić information content (AvgIpc) is 3.37. The van der Waals surface area contributed by atoms with Crippen molar-refractivity contribution in [3.05, 3.63) is 47.5 Å². The molecule has 2 heterocycles. The van der Waals surface area contributed by atoms with Gasteiger partial charge in [0.05, 0.1) is 32.8 Å². The van der Waals surface area contributed by atoms with Crippen LogP contribution in [-0.2, 0) is 11.3 Å². The zero-order valence-electron chi connectivity index (χ0n) is 20.4. The quantitative estimate of drug-likeness (QED) is 0.412. The molecule has 1 amide bonds. The summed E-state index contributed by atoms with van der Waals surface area (Å²) in [7, 11) is 4.91. The second kappa shape index (κ2) is 11.4. The number of nitrogens with zero attached hydrogens (tertiary/aromatic N) is 6. The fourth-order valence-corrected chi connectivity index (χ4v) is 4.75. The van der Waals surface area contributed by atoms with Gasteiger partial charge < -0.3 is 19.1 Å². The Hall–Kier alpha value is -3.31. The number of carbonyl (C=O) groups is 1. The monoisotopic (exact) mass is 498 g/mol. The number of methoxy groups -OCH3 is 3. The van der Waals surface area contributed by atoms with E-state index in [-0.39, 0.29) is 11.7 Å². The predicted octanol–water partition coefficient (Wildman–Crippen LogP) is 2.43. The molecular formula is C24H30N6O4S. The number of rotatable bonds is 9. The Bertz CT molecular complexity index is 1150. The minimum absolute atomic E-state index is 0.0845. The van der Waals surface area contributed by atoms with Gasteiger partial charge in [-0.3, -0.25) is 9.69 Å². The molecule has 2 aromatic carbocycles. The summed E-state index contributed by atoms with van der Waals surface area (Å²) in [6.45, 7) is 5.89. The molecule has 0 atom stereocenters. The first-order chi connectivity index (χ1) is 17.0. The van der Waals surface area contributed by atoms with Crippen LogP contribution in [0.3, 0.4) is 0 Å². The third-order valence-corrected chi connectivity index (χ3v) is 6.95. The summed E-state index contributed by atoms with van der Waals surface area (Å²) in [6.07, 6.45) is 0. The van der Waals surface area contributed by atoms with Crippen molar-refractivity contribution in [2.24, 2.45) is 0 Å². The standard InChI is InChI=1S/C24H30N6O4S/c1-17-13-21(33-3)22(34-4)14-18(17)15-28-9-11-29(12-10-28)23(31)16-35-24-25-26-27-30(24)19-5-7-20(32-2)8-6-19/h5-8,13-14H,9-12,15-16H2,1-4H3. The molecule has 3 aromatic rings. The minimum atomic E-state index is 0.0845. The van der Waals surface area contributed by atoms with Crippen LogP contribution in [0.4, 0.5) is 0 Å². The number of benzene rings is 2. The van der Waals surface area contributed by atoms with Crippen molar-refractivity contribution in [2.45, 2.75) is 18.6 Å². The van der Waals surface area contributed by atoms with Crippen molar-refractivity contribution in [3.8, 4) is 22.9 Å². The molecule has 1 aliphatic rings. The molecule has 1 aliphatic heterocycles. The van der Waals surface area contributed by atoms with E-state index in [1.165, 1.54) is 17.3 Å². The molecule has 1 aromatic heterocycles. The summed E-state index contributed by atoms with van der Waals surface area (Å²) in [5.74, 6) is 2.59. The maximum atomic E-state index is 12.9. The van der Waals surface area contributed by atoms with E-state index in [4.69, 9.17) is 14.2 Å². The van der Waals surface area contributed by atoms with Gasteiger partial charge in [-0.1, -0.05) is 11.8 Å². The summed E-state index contributed by atoms with van der Waals surface area (Å²) in [5, 5.41) is 12.5. The Morgan fingerprint density at radius 1 is 0.971 bits per heavy atom. The number of hydrogen-bond acceptors (Lipinski definition) is 9. The van der Waals surface area contributed by atoms with E-state index in [1.807, 2.05) is 41.3 Å². The zero-order valence-corrected chi connectivity index (χ0v) is 21.2. The highest BCUT2D eigenvalue weighted by Gasteiger charge is 2.23. The van der Waals surface area contributed by atoms with Crippen LogP contribution < -0.4 is 14.2 Å². The van der Waals surface area contributed by atoms with Crippen LogP contribution in [0.1, 0.15) is 11.1 Å². The van der Waals surface area contributed by atoms with E-state index in [1.54, 1.807) is 26.0 Å².